The Morgan fingerprint density at radius 1 is 1.14 bits per heavy atom. The molecule has 0 aliphatic carbocycles. The highest BCUT2D eigenvalue weighted by atomic mass is 35.5. The number of rotatable bonds is 5. The first kappa shape index (κ1) is 15.9. The molecule has 112 valence electrons. The molecule has 1 atom stereocenters. The number of hydrogen-bond donors (Lipinski definition) is 1. The summed E-state index contributed by atoms with van der Waals surface area (Å²) in [5.41, 5.74) is 2.24. The number of benzene rings is 2. The van der Waals surface area contributed by atoms with Crippen LogP contribution in [0.4, 0.5) is 8.78 Å². The Balaban J connectivity index is 2.45. The van der Waals surface area contributed by atoms with Gasteiger partial charge in [0.05, 0.1) is 6.04 Å². The van der Waals surface area contributed by atoms with Crippen LogP contribution in [0.1, 0.15) is 36.1 Å². The molecule has 2 aromatic rings. The summed E-state index contributed by atoms with van der Waals surface area (Å²) in [6, 6.07) is 9.16. The fraction of sp³-hybridized carbons (Fsp3) is 0.294. The smallest absolute Gasteiger partial charge is 0.127 e. The number of nitrogens with one attached hydrogen (secondary N) is 1. The van der Waals surface area contributed by atoms with E-state index in [1.807, 2.05) is 0 Å². The average molecular weight is 310 g/mol. The van der Waals surface area contributed by atoms with Gasteiger partial charge in [-0.05, 0) is 60.8 Å². The van der Waals surface area contributed by atoms with E-state index >= 15 is 0 Å². The molecule has 21 heavy (non-hydrogen) atoms. The minimum absolute atomic E-state index is 0.183. The van der Waals surface area contributed by atoms with E-state index in [0.717, 1.165) is 24.1 Å². The summed E-state index contributed by atoms with van der Waals surface area (Å²) < 4.78 is 26.7. The highest BCUT2D eigenvalue weighted by Crippen LogP contribution is 2.30. The summed E-state index contributed by atoms with van der Waals surface area (Å²) in [6.45, 7) is 4.55. The van der Waals surface area contributed by atoms with Gasteiger partial charge in [0.25, 0.3) is 0 Å². The summed E-state index contributed by atoms with van der Waals surface area (Å²) in [7, 11) is 0. The molecular formula is C17H18ClF2N. The van der Waals surface area contributed by atoms with Crippen molar-refractivity contribution in [1.29, 1.82) is 0 Å². The van der Waals surface area contributed by atoms with Gasteiger partial charge in [0.2, 0.25) is 0 Å². The van der Waals surface area contributed by atoms with Crippen LogP contribution in [0.2, 0.25) is 5.02 Å². The molecule has 0 heterocycles. The van der Waals surface area contributed by atoms with Gasteiger partial charge in [-0.15, -0.1) is 0 Å². The molecular weight excluding hydrogens is 292 g/mol. The van der Waals surface area contributed by atoms with E-state index in [1.165, 1.54) is 18.2 Å². The van der Waals surface area contributed by atoms with Gasteiger partial charge >= 0.3 is 0 Å². The van der Waals surface area contributed by atoms with Gasteiger partial charge in [-0.1, -0.05) is 30.7 Å². The van der Waals surface area contributed by atoms with Crippen LogP contribution in [-0.2, 0) is 0 Å². The summed E-state index contributed by atoms with van der Waals surface area (Å²) in [6.07, 6.45) is 0.954. The quantitative estimate of drug-likeness (QED) is 0.818. The largest absolute Gasteiger partial charge is 0.306 e. The molecule has 0 radical (unpaired) electrons. The minimum Gasteiger partial charge on any atom is -0.306 e. The highest BCUT2D eigenvalue weighted by molar-refractivity contribution is 6.31. The fourth-order valence-corrected chi connectivity index (χ4v) is 2.51. The maximum Gasteiger partial charge on any atom is 0.127 e. The monoisotopic (exact) mass is 309 g/mol. The first-order valence-electron chi connectivity index (χ1n) is 6.97. The molecule has 0 aliphatic heterocycles. The van der Waals surface area contributed by atoms with Gasteiger partial charge in [0.15, 0.2) is 0 Å². The standard InChI is InChI=1S/C17H18ClF2N/c1-3-8-21-17(12-4-6-13(19)7-5-12)14-9-11(2)16(20)10-15(14)18/h4-7,9-10,17,21H,3,8H2,1-2H3. The average Bonchev–Trinajstić information content (AvgIpc) is 2.46. The van der Waals surface area contributed by atoms with Gasteiger partial charge < -0.3 is 5.32 Å². The second-order valence-electron chi connectivity index (χ2n) is 5.06. The van der Waals surface area contributed by atoms with Crippen molar-refractivity contribution >= 4 is 11.6 Å². The third kappa shape index (κ3) is 3.80. The second-order valence-corrected chi connectivity index (χ2v) is 5.47. The summed E-state index contributed by atoms with van der Waals surface area (Å²) in [5, 5.41) is 3.75. The molecule has 0 fully saturated rings. The number of aryl methyl sites for hydroxylation is 1. The van der Waals surface area contributed by atoms with E-state index in [4.69, 9.17) is 11.6 Å². The van der Waals surface area contributed by atoms with Crippen LogP contribution >= 0.6 is 11.6 Å². The van der Waals surface area contributed by atoms with Crippen molar-refractivity contribution in [3.8, 4) is 0 Å². The van der Waals surface area contributed by atoms with Crippen molar-refractivity contribution in [3.63, 3.8) is 0 Å². The maximum absolute atomic E-state index is 13.6. The third-order valence-corrected chi connectivity index (χ3v) is 3.72. The second kappa shape index (κ2) is 7.01. The van der Waals surface area contributed by atoms with Crippen molar-refractivity contribution in [2.75, 3.05) is 6.54 Å². The minimum atomic E-state index is -0.322. The zero-order valence-electron chi connectivity index (χ0n) is 12.1. The zero-order valence-corrected chi connectivity index (χ0v) is 12.8. The van der Waals surface area contributed by atoms with Crippen LogP contribution < -0.4 is 5.32 Å². The molecule has 0 spiro atoms. The Morgan fingerprint density at radius 3 is 2.43 bits per heavy atom. The Labute approximate surface area is 128 Å². The molecule has 4 heteroatoms. The first-order chi connectivity index (χ1) is 10.0. The Morgan fingerprint density at radius 2 is 1.81 bits per heavy atom. The number of halogens is 3. The van der Waals surface area contributed by atoms with Gasteiger partial charge in [-0.2, -0.15) is 0 Å². The molecule has 0 amide bonds. The SMILES string of the molecule is CCCNC(c1ccc(F)cc1)c1cc(C)c(F)cc1Cl. The fourth-order valence-electron chi connectivity index (χ4n) is 2.25. The van der Waals surface area contributed by atoms with Crippen LogP contribution in [0.25, 0.3) is 0 Å². The molecule has 1 N–H and O–H groups in total. The molecule has 1 nitrogen and oxygen atoms in total. The lowest BCUT2D eigenvalue weighted by Gasteiger charge is -2.21. The first-order valence-corrected chi connectivity index (χ1v) is 7.35. The molecule has 0 bridgehead atoms. The predicted molar refractivity (Wildman–Crippen MR) is 82.7 cm³/mol. The van der Waals surface area contributed by atoms with Crippen molar-refractivity contribution in [3.05, 3.63) is 69.7 Å². The van der Waals surface area contributed by atoms with E-state index in [0.29, 0.717) is 10.6 Å². The van der Waals surface area contributed by atoms with Crippen LogP contribution in [0.3, 0.4) is 0 Å². The van der Waals surface area contributed by atoms with Crippen LogP contribution in [-0.4, -0.2) is 6.54 Å². The summed E-state index contributed by atoms with van der Waals surface area (Å²) >= 11 is 6.20. The lowest BCUT2D eigenvalue weighted by molar-refractivity contribution is 0.586. The van der Waals surface area contributed by atoms with E-state index in [9.17, 15) is 8.78 Å². The van der Waals surface area contributed by atoms with E-state index in [1.54, 1.807) is 25.1 Å². The van der Waals surface area contributed by atoms with Gasteiger partial charge in [0, 0.05) is 5.02 Å². The summed E-state index contributed by atoms with van der Waals surface area (Å²) in [5.74, 6) is -0.605. The molecule has 0 aromatic heterocycles. The molecule has 1 unspecified atom stereocenters. The molecule has 0 saturated carbocycles. The van der Waals surface area contributed by atoms with Crippen LogP contribution in [0, 0.1) is 18.6 Å². The van der Waals surface area contributed by atoms with Crippen molar-refractivity contribution in [2.45, 2.75) is 26.3 Å². The van der Waals surface area contributed by atoms with Crippen molar-refractivity contribution < 1.29 is 8.78 Å². The molecule has 2 rings (SSSR count). The van der Waals surface area contributed by atoms with E-state index < -0.39 is 0 Å². The summed E-state index contributed by atoms with van der Waals surface area (Å²) in [4.78, 5) is 0. The molecule has 0 aliphatic rings. The van der Waals surface area contributed by atoms with Crippen LogP contribution in [0.15, 0.2) is 36.4 Å². The highest BCUT2D eigenvalue weighted by Gasteiger charge is 2.18. The van der Waals surface area contributed by atoms with E-state index in [2.05, 4.69) is 12.2 Å². The zero-order chi connectivity index (χ0) is 15.4. The third-order valence-electron chi connectivity index (χ3n) is 3.39. The van der Waals surface area contributed by atoms with Crippen LogP contribution in [0.5, 0.6) is 0 Å². The van der Waals surface area contributed by atoms with Crippen molar-refractivity contribution in [1.82, 2.24) is 5.32 Å². The lowest BCUT2D eigenvalue weighted by atomic mass is 9.96. The van der Waals surface area contributed by atoms with Crippen molar-refractivity contribution in [2.24, 2.45) is 0 Å². The Bertz CT molecular complexity index is 611. The van der Waals surface area contributed by atoms with Gasteiger partial charge in [-0.3, -0.25) is 0 Å². The topological polar surface area (TPSA) is 12.0 Å². The maximum atomic E-state index is 13.6. The Kier molecular flexibility index (Phi) is 5.32. The lowest BCUT2D eigenvalue weighted by Crippen LogP contribution is -2.23. The van der Waals surface area contributed by atoms with E-state index in [-0.39, 0.29) is 17.7 Å². The molecule has 2 aromatic carbocycles. The molecule has 0 saturated heterocycles. The Hall–Kier alpha value is -1.45. The predicted octanol–water partition coefficient (Wildman–Crippen LogP) is 5.02. The van der Waals surface area contributed by atoms with Gasteiger partial charge in [0.1, 0.15) is 11.6 Å². The van der Waals surface area contributed by atoms with Gasteiger partial charge in [-0.25, -0.2) is 8.78 Å². The normalized spacial score (nSPS) is 12.4. The number of hydrogen-bond acceptors (Lipinski definition) is 1.